The number of Topliss-reactive ketones (excluding diaryl/α,β-unsaturated/α-hetero) is 1. The van der Waals surface area contributed by atoms with Gasteiger partial charge in [0.25, 0.3) is 0 Å². The zero-order chi connectivity index (χ0) is 22.8. The average molecular weight is 423 g/mol. The number of hydrogen-bond donors (Lipinski definition) is 3. The van der Waals surface area contributed by atoms with Crippen molar-refractivity contribution in [2.75, 3.05) is 6.54 Å². The van der Waals surface area contributed by atoms with Crippen LogP contribution in [0.25, 0.3) is 0 Å². The molecule has 0 radical (unpaired) electrons. The monoisotopic (exact) mass is 422 g/mol. The van der Waals surface area contributed by atoms with Crippen molar-refractivity contribution in [3.63, 3.8) is 0 Å². The van der Waals surface area contributed by atoms with Crippen molar-refractivity contribution in [1.82, 2.24) is 16.0 Å². The van der Waals surface area contributed by atoms with Gasteiger partial charge in [-0.2, -0.15) is 0 Å². The smallest absolute Gasteiger partial charge is 0.142 e. The Labute approximate surface area is 183 Å². The summed E-state index contributed by atoms with van der Waals surface area (Å²) in [6.45, 7) is 11.6. The van der Waals surface area contributed by atoms with Gasteiger partial charge in [-0.25, -0.2) is 4.39 Å². The molecule has 0 amide bonds. The normalized spacial score (nSPS) is 19.3. The largest absolute Gasteiger partial charge is 0.384 e. The second kappa shape index (κ2) is 8.92. The lowest BCUT2D eigenvalue weighted by Crippen LogP contribution is -2.34. The van der Waals surface area contributed by atoms with Gasteiger partial charge in [-0.1, -0.05) is 18.2 Å². The van der Waals surface area contributed by atoms with E-state index in [2.05, 4.69) is 33.1 Å². The highest BCUT2D eigenvalue weighted by molar-refractivity contribution is 5.87. The number of halogens is 1. The summed E-state index contributed by atoms with van der Waals surface area (Å²) < 4.78 is 14.3. The number of carbonyl (C=O) groups excluding carboxylic acids is 1. The van der Waals surface area contributed by atoms with E-state index in [1.165, 1.54) is 0 Å². The molecule has 2 aliphatic rings. The number of aryl methyl sites for hydroxylation is 1. The van der Waals surface area contributed by atoms with Crippen LogP contribution in [0.2, 0.25) is 0 Å². The summed E-state index contributed by atoms with van der Waals surface area (Å²) in [6, 6.07) is 6.02. The highest BCUT2D eigenvalue weighted by atomic mass is 19.1. The van der Waals surface area contributed by atoms with Crippen molar-refractivity contribution < 1.29 is 9.18 Å². The van der Waals surface area contributed by atoms with Gasteiger partial charge >= 0.3 is 0 Å². The summed E-state index contributed by atoms with van der Waals surface area (Å²) in [5.74, 6) is 0.604. The minimum Gasteiger partial charge on any atom is -0.384 e. The van der Waals surface area contributed by atoms with Gasteiger partial charge in [-0.3, -0.25) is 9.79 Å². The molecule has 5 nitrogen and oxygen atoms in total. The van der Waals surface area contributed by atoms with E-state index in [9.17, 15) is 9.18 Å². The first-order valence-corrected chi connectivity index (χ1v) is 10.5. The molecule has 31 heavy (non-hydrogen) atoms. The zero-order valence-electron chi connectivity index (χ0n) is 19.1. The molecule has 3 rings (SSSR count). The van der Waals surface area contributed by atoms with Crippen LogP contribution in [0.3, 0.4) is 0 Å². The Kier molecular flexibility index (Phi) is 6.48. The Hall–Kier alpha value is -3.15. The first kappa shape index (κ1) is 22.5. The fraction of sp³-hybridized carbons (Fsp3) is 0.360. The summed E-state index contributed by atoms with van der Waals surface area (Å²) in [4.78, 5) is 16.6. The van der Waals surface area contributed by atoms with E-state index in [-0.39, 0.29) is 24.2 Å². The van der Waals surface area contributed by atoms with Gasteiger partial charge in [-0.05, 0) is 76.6 Å². The van der Waals surface area contributed by atoms with Crippen molar-refractivity contribution >= 4 is 12.0 Å². The van der Waals surface area contributed by atoms with Crippen LogP contribution in [-0.2, 0) is 10.2 Å². The molecule has 2 heterocycles. The zero-order valence-corrected chi connectivity index (χ0v) is 19.1. The van der Waals surface area contributed by atoms with Crippen molar-refractivity contribution in [3.05, 3.63) is 81.9 Å². The number of rotatable bonds is 6. The van der Waals surface area contributed by atoms with Crippen LogP contribution < -0.4 is 16.0 Å². The summed E-state index contributed by atoms with van der Waals surface area (Å²) in [6.07, 6.45) is 7.22. The van der Waals surface area contributed by atoms with Gasteiger partial charge in [0.05, 0.1) is 24.0 Å². The molecule has 0 saturated carbocycles. The fourth-order valence-corrected chi connectivity index (χ4v) is 3.80. The molecular formula is C25H31FN4O. The Bertz CT molecular complexity index is 1040. The van der Waals surface area contributed by atoms with Gasteiger partial charge in [0.2, 0.25) is 0 Å². The van der Waals surface area contributed by atoms with Crippen LogP contribution >= 0.6 is 0 Å². The van der Waals surface area contributed by atoms with E-state index >= 15 is 0 Å². The molecule has 1 aromatic carbocycles. The first-order chi connectivity index (χ1) is 14.6. The van der Waals surface area contributed by atoms with Crippen LogP contribution in [0.1, 0.15) is 57.4 Å². The molecule has 0 bridgehead atoms. The number of nitrogens with one attached hydrogen (secondary N) is 3. The molecule has 2 aliphatic heterocycles. The number of benzene rings is 1. The highest BCUT2D eigenvalue weighted by Crippen LogP contribution is 2.32. The average Bonchev–Trinajstić information content (AvgIpc) is 2.72. The molecule has 0 aromatic heterocycles. The topological polar surface area (TPSA) is 65.5 Å². The van der Waals surface area contributed by atoms with Crippen LogP contribution in [0.5, 0.6) is 0 Å². The maximum atomic E-state index is 14.3. The van der Waals surface area contributed by atoms with E-state index in [0.29, 0.717) is 5.70 Å². The predicted octanol–water partition coefficient (Wildman–Crippen LogP) is 4.60. The summed E-state index contributed by atoms with van der Waals surface area (Å²) in [5.41, 5.74) is 4.76. The van der Waals surface area contributed by atoms with Gasteiger partial charge in [0.15, 0.2) is 0 Å². The molecule has 6 heteroatoms. The van der Waals surface area contributed by atoms with Crippen molar-refractivity contribution in [2.24, 2.45) is 4.99 Å². The maximum Gasteiger partial charge on any atom is 0.142 e. The maximum absolute atomic E-state index is 14.3. The van der Waals surface area contributed by atoms with E-state index in [0.717, 1.165) is 33.8 Å². The second-order valence-corrected chi connectivity index (χ2v) is 8.47. The van der Waals surface area contributed by atoms with E-state index in [4.69, 9.17) is 0 Å². The van der Waals surface area contributed by atoms with Crippen molar-refractivity contribution in [3.8, 4) is 0 Å². The molecule has 0 saturated heterocycles. The first-order valence-electron chi connectivity index (χ1n) is 10.5. The lowest BCUT2D eigenvalue weighted by atomic mass is 9.78. The third kappa shape index (κ3) is 4.63. The third-order valence-corrected chi connectivity index (χ3v) is 5.99. The van der Waals surface area contributed by atoms with Gasteiger partial charge in [0.1, 0.15) is 17.4 Å². The number of dihydropyridines is 2. The predicted molar refractivity (Wildman–Crippen MR) is 124 cm³/mol. The summed E-state index contributed by atoms with van der Waals surface area (Å²) in [7, 11) is 0. The Morgan fingerprint density at radius 1 is 1.32 bits per heavy atom. The Morgan fingerprint density at radius 2 is 2.06 bits per heavy atom. The minimum absolute atomic E-state index is 0.133. The SMILES string of the molecule is CC=NC1=CC(c2ccc(C(C)(C)C(C)=O)c(C)c2)NC(NC2=C(F)CNC=C2)=C1C. The third-order valence-electron chi connectivity index (χ3n) is 5.99. The van der Waals surface area contributed by atoms with Gasteiger partial charge in [0, 0.05) is 17.2 Å². The van der Waals surface area contributed by atoms with E-state index < -0.39 is 5.41 Å². The minimum atomic E-state index is -0.537. The lowest BCUT2D eigenvalue weighted by Gasteiger charge is -2.30. The van der Waals surface area contributed by atoms with Crippen LogP contribution in [0.15, 0.2) is 70.2 Å². The van der Waals surface area contributed by atoms with Gasteiger partial charge < -0.3 is 16.0 Å². The number of allylic oxidation sites excluding steroid dienone is 2. The van der Waals surface area contributed by atoms with Gasteiger partial charge in [-0.15, -0.1) is 0 Å². The molecule has 3 N–H and O–H groups in total. The second-order valence-electron chi connectivity index (χ2n) is 8.47. The molecule has 1 atom stereocenters. The summed E-state index contributed by atoms with van der Waals surface area (Å²) in [5, 5.41) is 9.54. The van der Waals surface area contributed by atoms with Crippen LogP contribution in [-0.4, -0.2) is 18.5 Å². The molecule has 0 fully saturated rings. The van der Waals surface area contributed by atoms with Crippen LogP contribution in [0.4, 0.5) is 4.39 Å². The fourth-order valence-electron chi connectivity index (χ4n) is 3.80. The van der Waals surface area contributed by atoms with E-state index in [1.54, 1.807) is 25.4 Å². The quantitative estimate of drug-likeness (QED) is 0.586. The molecule has 1 aromatic rings. The Morgan fingerprint density at radius 3 is 2.68 bits per heavy atom. The van der Waals surface area contributed by atoms with E-state index in [1.807, 2.05) is 46.8 Å². The lowest BCUT2D eigenvalue weighted by molar-refractivity contribution is -0.121. The van der Waals surface area contributed by atoms with Crippen molar-refractivity contribution in [1.29, 1.82) is 0 Å². The number of ketones is 1. The Balaban J connectivity index is 1.96. The highest BCUT2D eigenvalue weighted by Gasteiger charge is 2.28. The molecule has 164 valence electrons. The van der Waals surface area contributed by atoms with Crippen LogP contribution in [0, 0.1) is 6.92 Å². The molecule has 1 unspecified atom stereocenters. The number of aliphatic imine (C=N–C) groups is 1. The number of carbonyl (C=O) groups is 1. The summed E-state index contributed by atoms with van der Waals surface area (Å²) >= 11 is 0. The molecule has 0 aliphatic carbocycles. The molecular weight excluding hydrogens is 391 g/mol. The van der Waals surface area contributed by atoms with Crippen molar-refractivity contribution in [2.45, 2.75) is 53.0 Å². The number of hydrogen-bond acceptors (Lipinski definition) is 5. The standard InChI is InChI=1S/C25H31FN4O/c1-7-28-22-13-23(18-8-9-19(15(2)12-18)25(5,6)17(4)31)30-24(16(22)3)29-21-10-11-27-14-20(21)26/h7-13,23,27,29-30H,14H2,1-6H3. The molecule has 0 spiro atoms. The number of nitrogens with zero attached hydrogens (tertiary/aromatic N) is 1.